The largest absolute Gasteiger partial charge is 0.466 e. The number of esters is 1. The molecular weight excluding hydrogens is 226 g/mol. The molecule has 0 radical (unpaired) electrons. The molecule has 0 aliphatic heterocycles. The summed E-state index contributed by atoms with van der Waals surface area (Å²) in [4.78, 5) is 14.2. The van der Waals surface area contributed by atoms with Crippen LogP contribution >= 0.6 is 0 Å². The molecule has 1 unspecified atom stereocenters. The van der Waals surface area contributed by atoms with Crippen molar-refractivity contribution in [2.75, 3.05) is 19.7 Å². The molecule has 3 nitrogen and oxygen atoms in total. The van der Waals surface area contributed by atoms with Crippen LogP contribution in [-0.4, -0.2) is 36.6 Å². The molecular formula is C15H31NO2. The van der Waals surface area contributed by atoms with Crippen LogP contribution in [0.2, 0.25) is 0 Å². The smallest absolute Gasteiger partial charge is 0.309 e. The lowest BCUT2D eigenvalue weighted by atomic mass is 10.0. The topological polar surface area (TPSA) is 29.5 Å². The first-order valence-electron chi connectivity index (χ1n) is 7.36. The summed E-state index contributed by atoms with van der Waals surface area (Å²) in [6, 6.07) is 0.573. The minimum Gasteiger partial charge on any atom is -0.466 e. The molecule has 0 saturated carbocycles. The fourth-order valence-electron chi connectivity index (χ4n) is 2.36. The SMILES string of the molecule is CCOC(=O)C(C)CN(CC(C)C)C(CC)CC. The van der Waals surface area contributed by atoms with Crippen molar-refractivity contribution in [1.29, 1.82) is 0 Å². The molecule has 0 N–H and O–H groups in total. The summed E-state index contributed by atoms with van der Waals surface area (Å²) >= 11 is 0. The highest BCUT2D eigenvalue weighted by Crippen LogP contribution is 2.14. The number of nitrogens with zero attached hydrogens (tertiary/aromatic N) is 1. The van der Waals surface area contributed by atoms with Crippen LogP contribution in [-0.2, 0) is 9.53 Å². The summed E-state index contributed by atoms with van der Waals surface area (Å²) in [6.45, 7) is 15.0. The second-order valence-electron chi connectivity index (χ2n) is 5.47. The fraction of sp³-hybridized carbons (Fsp3) is 0.933. The average Bonchev–Trinajstić information content (AvgIpc) is 2.29. The maximum atomic E-state index is 11.7. The van der Waals surface area contributed by atoms with Gasteiger partial charge in [0.25, 0.3) is 0 Å². The maximum Gasteiger partial charge on any atom is 0.309 e. The minimum atomic E-state index is -0.0720. The van der Waals surface area contributed by atoms with Crippen molar-refractivity contribution in [3.63, 3.8) is 0 Å². The zero-order valence-corrected chi connectivity index (χ0v) is 13.0. The summed E-state index contributed by atoms with van der Waals surface area (Å²) in [5, 5.41) is 0. The van der Waals surface area contributed by atoms with Gasteiger partial charge in [0.15, 0.2) is 0 Å². The Kier molecular flexibility index (Phi) is 9.08. The highest BCUT2D eigenvalue weighted by Gasteiger charge is 2.22. The van der Waals surface area contributed by atoms with Crippen LogP contribution < -0.4 is 0 Å². The molecule has 0 fully saturated rings. The Balaban J connectivity index is 4.51. The third-order valence-electron chi connectivity index (χ3n) is 3.26. The van der Waals surface area contributed by atoms with Crippen molar-refractivity contribution in [2.45, 2.75) is 60.4 Å². The standard InChI is InChI=1S/C15H31NO2/c1-7-14(8-2)16(10-12(4)5)11-13(6)15(17)18-9-3/h12-14H,7-11H2,1-6H3. The quantitative estimate of drug-likeness (QED) is 0.593. The second kappa shape index (κ2) is 9.37. The molecule has 1 atom stereocenters. The van der Waals surface area contributed by atoms with Crippen molar-refractivity contribution in [2.24, 2.45) is 11.8 Å². The number of ether oxygens (including phenoxy) is 1. The van der Waals surface area contributed by atoms with Gasteiger partial charge in [-0.05, 0) is 25.7 Å². The Labute approximate surface area is 113 Å². The monoisotopic (exact) mass is 257 g/mol. The zero-order valence-electron chi connectivity index (χ0n) is 13.0. The van der Waals surface area contributed by atoms with Crippen LogP contribution in [0.3, 0.4) is 0 Å². The van der Waals surface area contributed by atoms with Crippen LogP contribution in [0.1, 0.15) is 54.4 Å². The molecule has 18 heavy (non-hydrogen) atoms. The van der Waals surface area contributed by atoms with Crippen LogP contribution in [0.5, 0.6) is 0 Å². The Bertz CT molecular complexity index is 225. The molecule has 3 heteroatoms. The highest BCUT2D eigenvalue weighted by atomic mass is 16.5. The van der Waals surface area contributed by atoms with Crippen LogP contribution in [0.25, 0.3) is 0 Å². The molecule has 0 bridgehead atoms. The third-order valence-corrected chi connectivity index (χ3v) is 3.26. The van der Waals surface area contributed by atoms with Gasteiger partial charge in [0.2, 0.25) is 0 Å². The molecule has 0 saturated heterocycles. The van der Waals surface area contributed by atoms with E-state index in [1.165, 1.54) is 0 Å². The van der Waals surface area contributed by atoms with Gasteiger partial charge in [0.1, 0.15) is 0 Å². The van der Waals surface area contributed by atoms with Gasteiger partial charge in [-0.15, -0.1) is 0 Å². The zero-order chi connectivity index (χ0) is 14.1. The Morgan fingerprint density at radius 1 is 1.06 bits per heavy atom. The van der Waals surface area contributed by atoms with Crippen molar-refractivity contribution in [1.82, 2.24) is 4.90 Å². The molecule has 0 aromatic carbocycles. The number of carbonyl (C=O) groups excluding carboxylic acids is 1. The third kappa shape index (κ3) is 6.39. The normalized spacial score (nSPS) is 13.4. The van der Waals surface area contributed by atoms with Gasteiger partial charge in [0.05, 0.1) is 12.5 Å². The van der Waals surface area contributed by atoms with Crippen molar-refractivity contribution in [3.8, 4) is 0 Å². The van der Waals surface area contributed by atoms with Crippen LogP contribution in [0.15, 0.2) is 0 Å². The lowest BCUT2D eigenvalue weighted by molar-refractivity contribution is -0.148. The predicted molar refractivity (Wildman–Crippen MR) is 76.6 cm³/mol. The van der Waals surface area contributed by atoms with Gasteiger partial charge in [-0.25, -0.2) is 0 Å². The molecule has 0 aliphatic rings. The highest BCUT2D eigenvalue weighted by molar-refractivity contribution is 5.72. The summed E-state index contributed by atoms with van der Waals surface area (Å²) < 4.78 is 5.09. The van der Waals surface area contributed by atoms with Gasteiger partial charge in [-0.3, -0.25) is 9.69 Å². The van der Waals surface area contributed by atoms with Crippen LogP contribution in [0, 0.1) is 11.8 Å². The lowest BCUT2D eigenvalue weighted by Gasteiger charge is -2.33. The number of hydrogen-bond donors (Lipinski definition) is 0. The molecule has 0 aliphatic carbocycles. The number of hydrogen-bond acceptors (Lipinski definition) is 3. The lowest BCUT2D eigenvalue weighted by Crippen LogP contribution is -2.41. The van der Waals surface area contributed by atoms with Gasteiger partial charge < -0.3 is 4.74 Å². The van der Waals surface area contributed by atoms with E-state index < -0.39 is 0 Å². The molecule has 108 valence electrons. The number of rotatable bonds is 9. The van der Waals surface area contributed by atoms with Gasteiger partial charge in [0, 0.05) is 19.1 Å². The van der Waals surface area contributed by atoms with Gasteiger partial charge in [-0.1, -0.05) is 34.6 Å². The van der Waals surface area contributed by atoms with E-state index in [0.29, 0.717) is 18.6 Å². The van der Waals surface area contributed by atoms with E-state index in [9.17, 15) is 4.79 Å². The van der Waals surface area contributed by atoms with E-state index in [-0.39, 0.29) is 11.9 Å². The molecule has 0 spiro atoms. The van der Waals surface area contributed by atoms with Gasteiger partial charge in [-0.2, -0.15) is 0 Å². The van der Waals surface area contributed by atoms with E-state index in [0.717, 1.165) is 25.9 Å². The fourth-order valence-corrected chi connectivity index (χ4v) is 2.36. The van der Waals surface area contributed by atoms with Crippen molar-refractivity contribution in [3.05, 3.63) is 0 Å². The van der Waals surface area contributed by atoms with Crippen LogP contribution in [0.4, 0.5) is 0 Å². The van der Waals surface area contributed by atoms with E-state index in [4.69, 9.17) is 4.74 Å². The van der Waals surface area contributed by atoms with Crippen molar-refractivity contribution < 1.29 is 9.53 Å². The van der Waals surface area contributed by atoms with E-state index in [2.05, 4.69) is 32.6 Å². The number of carbonyl (C=O) groups is 1. The molecule has 0 heterocycles. The van der Waals surface area contributed by atoms with E-state index >= 15 is 0 Å². The summed E-state index contributed by atoms with van der Waals surface area (Å²) in [5.74, 6) is 0.515. The summed E-state index contributed by atoms with van der Waals surface area (Å²) in [7, 11) is 0. The molecule has 0 amide bonds. The van der Waals surface area contributed by atoms with E-state index in [1.54, 1.807) is 0 Å². The first-order chi connectivity index (χ1) is 8.46. The van der Waals surface area contributed by atoms with Crippen molar-refractivity contribution >= 4 is 5.97 Å². The Morgan fingerprint density at radius 2 is 1.61 bits per heavy atom. The summed E-state index contributed by atoms with van der Waals surface area (Å²) in [6.07, 6.45) is 2.28. The summed E-state index contributed by atoms with van der Waals surface area (Å²) in [5.41, 5.74) is 0. The Morgan fingerprint density at radius 3 is 2.00 bits per heavy atom. The first-order valence-corrected chi connectivity index (χ1v) is 7.36. The molecule has 0 aromatic rings. The second-order valence-corrected chi connectivity index (χ2v) is 5.47. The maximum absolute atomic E-state index is 11.7. The van der Waals surface area contributed by atoms with Gasteiger partial charge >= 0.3 is 5.97 Å². The molecule has 0 rings (SSSR count). The Hall–Kier alpha value is -0.570. The minimum absolute atomic E-state index is 0.0377. The molecule has 0 aromatic heterocycles. The van der Waals surface area contributed by atoms with E-state index in [1.807, 2.05) is 13.8 Å². The predicted octanol–water partition coefficient (Wildman–Crippen LogP) is 3.33. The first kappa shape index (κ1) is 17.4. The average molecular weight is 257 g/mol.